The number of aromatic nitrogens is 1. The van der Waals surface area contributed by atoms with Crippen molar-refractivity contribution in [2.45, 2.75) is 6.42 Å². The van der Waals surface area contributed by atoms with E-state index in [2.05, 4.69) is 10.3 Å². The van der Waals surface area contributed by atoms with Crippen molar-refractivity contribution in [3.63, 3.8) is 0 Å². The molecule has 1 heterocycles. The van der Waals surface area contributed by atoms with Gasteiger partial charge in [-0.05, 0) is 24.1 Å². The first-order valence-corrected chi connectivity index (χ1v) is 5.48. The second-order valence-corrected chi connectivity index (χ2v) is 4.12. The Morgan fingerprint density at radius 3 is 3.00 bits per heavy atom. The SMILES string of the molecule is N=C(N)NCCc1c[nH]c2cc(Cl)c(F)cc12. The molecule has 6 heteroatoms. The molecule has 2 aromatic rings. The van der Waals surface area contributed by atoms with E-state index in [4.69, 9.17) is 22.7 Å². The summed E-state index contributed by atoms with van der Waals surface area (Å²) in [6.07, 6.45) is 2.46. The van der Waals surface area contributed by atoms with Crippen molar-refractivity contribution >= 4 is 28.5 Å². The van der Waals surface area contributed by atoms with Crippen molar-refractivity contribution in [3.8, 4) is 0 Å². The molecule has 0 bridgehead atoms. The van der Waals surface area contributed by atoms with E-state index in [0.29, 0.717) is 13.0 Å². The van der Waals surface area contributed by atoms with Crippen LogP contribution in [0.5, 0.6) is 0 Å². The summed E-state index contributed by atoms with van der Waals surface area (Å²) in [6.45, 7) is 0.534. The zero-order chi connectivity index (χ0) is 12.4. The maximum absolute atomic E-state index is 13.3. The van der Waals surface area contributed by atoms with Gasteiger partial charge in [0.25, 0.3) is 0 Å². The molecule has 1 aromatic heterocycles. The van der Waals surface area contributed by atoms with Gasteiger partial charge in [-0.3, -0.25) is 5.41 Å². The molecule has 0 spiro atoms. The number of fused-ring (bicyclic) bond motifs is 1. The lowest BCUT2D eigenvalue weighted by atomic mass is 10.1. The van der Waals surface area contributed by atoms with E-state index in [0.717, 1.165) is 16.5 Å². The van der Waals surface area contributed by atoms with Gasteiger partial charge in [-0.25, -0.2) is 4.39 Å². The van der Waals surface area contributed by atoms with Crippen molar-refractivity contribution < 1.29 is 4.39 Å². The molecule has 0 saturated heterocycles. The minimum absolute atomic E-state index is 0.0703. The van der Waals surface area contributed by atoms with Crippen LogP contribution < -0.4 is 11.1 Å². The highest BCUT2D eigenvalue weighted by Crippen LogP contribution is 2.25. The number of nitrogens with one attached hydrogen (secondary N) is 3. The monoisotopic (exact) mass is 254 g/mol. The highest BCUT2D eigenvalue weighted by molar-refractivity contribution is 6.31. The van der Waals surface area contributed by atoms with Crippen LogP contribution in [-0.2, 0) is 6.42 Å². The Labute approximate surface area is 102 Å². The Morgan fingerprint density at radius 1 is 1.53 bits per heavy atom. The molecule has 0 fully saturated rings. The molecule has 0 aliphatic heterocycles. The van der Waals surface area contributed by atoms with Crippen LogP contribution >= 0.6 is 11.6 Å². The molecular weight excluding hydrogens is 243 g/mol. The fourth-order valence-corrected chi connectivity index (χ4v) is 1.88. The molecule has 0 aliphatic carbocycles. The van der Waals surface area contributed by atoms with E-state index < -0.39 is 5.82 Å². The Bertz CT molecular complexity index is 564. The minimum Gasteiger partial charge on any atom is -0.370 e. The third kappa shape index (κ3) is 2.50. The molecule has 5 N–H and O–H groups in total. The molecule has 0 saturated carbocycles. The van der Waals surface area contributed by atoms with E-state index in [1.165, 1.54) is 6.07 Å². The van der Waals surface area contributed by atoms with Gasteiger partial charge in [0, 0.05) is 23.6 Å². The van der Waals surface area contributed by atoms with Crippen molar-refractivity contribution in [2.75, 3.05) is 6.54 Å². The minimum atomic E-state index is -0.431. The van der Waals surface area contributed by atoms with Gasteiger partial charge in [-0.2, -0.15) is 0 Å². The summed E-state index contributed by atoms with van der Waals surface area (Å²) in [5.41, 5.74) is 6.94. The van der Waals surface area contributed by atoms with Gasteiger partial charge < -0.3 is 16.0 Å². The summed E-state index contributed by atoms with van der Waals surface area (Å²) < 4.78 is 13.3. The van der Waals surface area contributed by atoms with Crippen molar-refractivity contribution in [1.82, 2.24) is 10.3 Å². The number of aromatic amines is 1. The van der Waals surface area contributed by atoms with Gasteiger partial charge in [0.2, 0.25) is 0 Å². The van der Waals surface area contributed by atoms with Gasteiger partial charge in [-0.15, -0.1) is 0 Å². The number of halogens is 2. The first-order chi connectivity index (χ1) is 8.08. The van der Waals surface area contributed by atoms with E-state index in [-0.39, 0.29) is 11.0 Å². The van der Waals surface area contributed by atoms with Crippen LogP contribution in [0.15, 0.2) is 18.3 Å². The van der Waals surface area contributed by atoms with E-state index >= 15 is 0 Å². The zero-order valence-electron chi connectivity index (χ0n) is 8.98. The smallest absolute Gasteiger partial charge is 0.185 e. The van der Waals surface area contributed by atoms with Gasteiger partial charge in [0.05, 0.1) is 5.02 Å². The van der Waals surface area contributed by atoms with E-state index in [1.807, 2.05) is 6.20 Å². The number of hydrogen-bond acceptors (Lipinski definition) is 1. The zero-order valence-corrected chi connectivity index (χ0v) is 9.74. The second-order valence-electron chi connectivity index (χ2n) is 3.72. The first kappa shape index (κ1) is 11.7. The summed E-state index contributed by atoms with van der Waals surface area (Å²) in [5, 5.41) is 10.6. The molecule has 0 unspecified atom stereocenters. The average Bonchev–Trinajstić information content (AvgIpc) is 2.62. The van der Waals surface area contributed by atoms with Gasteiger partial charge >= 0.3 is 0 Å². The number of benzene rings is 1. The number of H-pyrrole nitrogens is 1. The molecule has 0 radical (unpaired) electrons. The summed E-state index contributed by atoms with van der Waals surface area (Å²) in [7, 11) is 0. The Morgan fingerprint density at radius 2 is 2.29 bits per heavy atom. The van der Waals surface area contributed by atoms with Crippen LogP contribution in [0.3, 0.4) is 0 Å². The fraction of sp³-hybridized carbons (Fsp3) is 0.182. The van der Waals surface area contributed by atoms with Crippen molar-refractivity contribution in [3.05, 3.63) is 34.7 Å². The Kier molecular flexibility index (Phi) is 3.19. The summed E-state index contributed by atoms with van der Waals surface area (Å²) in [4.78, 5) is 3.03. The second kappa shape index (κ2) is 4.63. The normalized spacial score (nSPS) is 10.7. The van der Waals surface area contributed by atoms with Crippen LogP contribution in [0.1, 0.15) is 5.56 Å². The van der Waals surface area contributed by atoms with Gasteiger partial charge in [0.15, 0.2) is 5.96 Å². The molecule has 17 heavy (non-hydrogen) atoms. The standard InChI is InChI=1S/C11H12ClFN4/c12-8-4-10-7(3-9(8)13)6(5-17-10)1-2-16-11(14)15/h3-5,17H,1-2H2,(H4,14,15,16). The molecular formula is C11H12ClFN4. The maximum atomic E-state index is 13.3. The summed E-state index contributed by atoms with van der Waals surface area (Å²) >= 11 is 5.69. The number of rotatable bonds is 3. The van der Waals surface area contributed by atoms with Gasteiger partial charge in [-0.1, -0.05) is 11.6 Å². The average molecular weight is 255 g/mol. The lowest BCUT2D eigenvalue weighted by molar-refractivity contribution is 0.630. The number of guanidine groups is 1. The third-order valence-electron chi connectivity index (χ3n) is 2.52. The lowest BCUT2D eigenvalue weighted by Gasteiger charge is -2.03. The van der Waals surface area contributed by atoms with E-state index in [9.17, 15) is 4.39 Å². The summed E-state index contributed by atoms with van der Waals surface area (Å²) in [5.74, 6) is -0.501. The van der Waals surface area contributed by atoms with Crippen LogP contribution in [0.2, 0.25) is 5.02 Å². The van der Waals surface area contributed by atoms with Crippen LogP contribution in [0, 0.1) is 11.2 Å². The highest BCUT2D eigenvalue weighted by Gasteiger charge is 2.08. The number of hydrogen-bond donors (Lipinski definition) is 4. The maximum Gasteiger partial charge on any atom is 0.185 e. The molecule has 4 nitrogen and oxygen atoms in total. The van der Waals surface area contributed by atoms with Crippen LogP contribution in [-0.4, -0.2) is 17.5 Å². The molecule has 1 aromatic carbocycles. The highest BCUT2D eigenvalue weighted by atomic mass is 35.5. The molecule has 0 amide bonds. The molecule has 0 atom stereocenters. The topological polar surface area (TPSA) is 77.7 Å². The fourth-order valence-electron chi connectivity index (χ4n) is 1.71. The molecule has 0 aliphatic rings. The molecule has 90 valence electrons. The van der Waals surface area contributed by atoms with Crippen LogP contribution in [0.25, 0.3) is 10.9 Å². The summed E-state index contributed by atoms with van der Waals surface area (Å²) in [6, 6.07) is 2.98. The van der Waals surface area contributed by atoms with Gasteiger partial charge in [0.1, 0.15) is 5.82 Å². The third-order valence-corrected chi connectivity index (χ3v) is 2.81. The first-order valence-electron chi connectivity index (χ1n) is 5.11. The van der Waals surface area contributed by atoms with Crippen LogP contribution in [0.4, 0.5) is 4.39 Å². The number of nitrogens with two attached hydrogens (primary N) is 1. The van der Waals surface area contributed by atoms with Crippen molar-refractivity contribution in [1.29, 1.82) is 5.41 Å². The molecule has 2 rings (SSSR count). The predicted octanol–water partition coefficient (Wildman–Crippen LogP) is 1.99. The van der Waals surface area contributed by atoms with Crippen molar-refractivity contribution in [2.24, 2.45) is 5.73 Å². The Balaban J connectivity index is 2.23. The quantitative estimate of drug-likeness (QED) is 0.499. The predicted molar refractivity (Wildman–Crippen MR) is 66.9 cm³/mol. The lowest BCUT2D eigenvalue weighted by Crippen LogP contribution is -2.31. The Hall–Kier alpha value is -1.75. The largest absolute Gasteiger partial charge is 0.370 e. The van der Waals surface area contributed by atoms with E-state index in [1.54, 1.807) is 6.07 Å².